The maximum absolute atomic E-state index is 10.3. The molecular weight excluding hydrogens is 544 g/mol. The lowest BCUT2D eigenvalue weighted by molar-refractivity contribution is -0.138. The Kier molecular flexibility index (Phi) is 38.0. The molecule has 0 aliphatic carbocycles. The summed E-state index contributed by atoms with van der Waals surface area (Å²) in [5.74, 6) is -1.43. The zero-order chi connectivity index (χ0) is 32.6. The minimum Gasteiger partial charge on any atom is -0.481 e. The first-order valence-corrected chi connectivity index (χ1v) is 16.5. The zero-order valence-corrected chi connectivity index (χ0v) is 27.6. The number of hydrogen-bond acceptors (Lipinski definition) is 2. The van der Waals surface area contributed by atoms with Gasteiger partial charge in [-0.25, -0.2) is 0 Å². The summed E-state index contributed by atoms with van der Waals surface area (Å²) in [5.41, 5.74) is 0. The Morgan fingerprint density at radius 1 is 0.364 bits per heavy atom. The van der Waals surface area contributed by atoms with Crippen molar-refractivity contribution in [2.75, 3.05) is 0 Å². The summed E-state index contributed by atoms with van der Waals surface area (Å²) < 4.78 is 0. The van der Waals surface area contributed by atoms with E-state index in [1.165, 1.54) is 0 Å². The van der Waals surface area contributed by atoms with Gasteiger partial charge in [0.05, 0.1) is 0 Å². The standard InChI is InChI=1S/2C20H30O2/c2*1-2-3-4-5-6-7-8-9-10-11-12-13-14-15-16-17-18-19-20(21)22/h2*3-4,6-7,9-10,12-13,15-16H,2,5,8,11,14,17-19H2,1H3,(H,21,22)/b2*4-3-,7-6-,10-9-,13-12-,16-15-. The number of carboxylic acids is 2. The molecule has 44 heavy (non-hydrogen) atoms. The lowest BCUT2D eigenvalue weighted by Crippen LogP contribution is -1.92. The van der Waals surface area contributed by atoms with Crippen LogP contribution in [0.15, 0.2) is 122 Å². The molecule has 0 bridgehead atoms. The first-order valence-electron chi connectivity index (χ1n) is 16.5. The number of unbranched alkanes of at least 4 members (excludes halogenated alkanes) is 2. The van der Waals surface area contributed by atoms with E-state index in [1.807, 2.05) is 0 Å². The Morgan fingerprint density at radius 3 is 0.773 bits per heavy atom. The van der Waals surface area contributed by atoms with Crippen LogP contribution in [0.4, 0.5) is 0 Å². The molecular formula is C40H60O4. The first-order chi connectivity index (χ1) is 21.5. The van der Waals surface area contributed by atoms with Crippen LogP contribution >= 0.6 is 0 Å². The van der Waals surface area contributed by atoms with E-state index in [1.54, 1.807) is 0 Å². The van der Waals surface area contributed by atoms with Gasteiger partial charge in [0, 0.05) is 12.8 Å². The summed E-state index contributed by atoms with van der Waals surface area (Å²) in [5, 5.41) is 17.0. The van der Waals surface area contributed by atoms with Crippen molar-refractivity contribution >= 4 is 11.9 Å². The maximum atomic E-state index is 10.3. The topological polar surface area (TPSA) is 74.6 Å². The van der Waals surface area contributed by atoms with Crippen molar-refractivity contribution in [2.45, 2.75) is 117 Å². The molecule has 0 aromatic heterocycles. The third kappa shape index (κ3) is 45.3. The molecule has 0 atom stereocenters. The van der Waals surface area contributed by atoms with Gasteiger partial charge in [0.2, 0.25) is 0 Å². The Bertz CT molecular complexity index is 874. The first kappa shape index (κ1) is 42.5. The Balaban J connectivity index is 0. The lowest BCUT2D eigenvalue weighted by atomic mass is 10.2. The number of hydrogen-bond donors (Lipinski definition) is 2. The molecule has 0 aliphatic rings. The van der Waals surface area contributed by atoms with Crippen molar-refractivity contribution < 1.29 is 19.8 Å². The van der Waals surface area contributed by atoms with Gasteiger partial charge in [-0.05, 0) is 89.9 Å². The molecule has 0 rings (SSSR count). The van der Waals surface area contributed by atoms with Gasteiger partial charge in [-0.2, -0.15) is 0 Å². The number of aliphatic carboxylic acids is 2. The molecule has 0 unspecified atom stereocenters. The second kappa shape index (κ2) is 39.3. The van der Waals surface area contributed by atoms with Crippen LogP contribution in [-0.4, -0.2) is 22.2 Å². The monoisotopic (exact) mass is 604 g/mol. The molecule has 0 radical (unpaired) electrons. The predicted octanol–water partition coefficient (Wildman–Crippen LogP) is 12.0. The lowest BCUT2D eigenvalue weighted by Gasteiger charge is -1.89. The van der Waals surface area contributed by atoms with E-state index >= 15 is 0 Å². The fraction of sp³-hybridized carbons (Fsp3) is 0.450. The van der Waals surface area contributed by atoms with Gasteiger partial charge in [-0.1, -0.05) is 135 Å². The van der Waals surface area contributed by atoms with Crippen molar-refractivity contribution in [2.24, 2.45) is 0 Å². The van der Waals surface area contributed by atoms with Crippen molar-refractivity contribution in [3.8, 4) is 0 Å². The van der Waals surface area contributed by atoms with Crippen LogP contribution in [0.5, 0.6) is 0 Å². The number of carboxylic acid groups (broad SMARTS) is 2. The van der Waals surface area contributed by atoms with Crippen molar-refractivity contribution in [1.29, 1.82) is 0 Å². The fourth-order valence-corrected chi connectivity index (χ4v) is 3.48. The van der Waals surface area contributed by atoms with E-state index in [-0.39, 0.29) is 12.8 Å². The molecule has 0 saturated carbocycles. The molecule has 2 N–H and O–H groups in total. The third-order valence-electron chi connectivity index (χ3n) is 5.84. The molecule has 0 aromatic rings. The number of allylic oxidation sites excluding steroid dienone is 20. The van der Waals surface area contributed by atoms with Crippen LogP contribution in [-0.2, 0) is 9.59 Å². The highest BCUT2D eigenvalue weighted by Crippen LogP contribution is 2.00. The molecule has 244 valence electrons. The van der Waals surface area contributed by atoms with Crippen LogP contribution in [0, 0.1) is 0 Å². The van der Waals surface area contributed by atoms with E-state index in [9.17, 15) is 9.59 Å². The van der Waals surface area contributed by atoms with E-state index < -0.39 is 11.9 Å². The Hall–Kier alpha value is -3.66. The van der Waals surface area contributed by atoms with E-state index in [4.69, 9.17) is 10.2 Å². The highest BCUT2D eigenvalue weighted by Gasteiger charge is 1.93. The minimum absolute atomic E-state index is 0.258. The van der Waals surface area contributed by atoms with Gasteiger partial charge in [-0.15, -0.1) is 0 Å². The molecule has 0 amide bonds. The van der Waals surface area contributed by atoms with Crippen LogP contribution in [0.2, 0.25) is 0 Å². The predicted molar refractivity (Wildman–Crippen MR) is 192 cm³/mol. The van der Waals surface area contributed by atoms with Gasteiger partial charge in [0.25, 0.3) is 0 Å². The summed E-state index contributed by atoms with van der Waals surface area (Å²) in [6, 6.07) is 0. The fourth-order valence-electron chi connectivity index (χ4n) is 3.48. The second-order valence-corrected chi connectivity index (χ2v) is 9.99. The number of carbonyl (C=O) groups is 2. The summed E-state index contributed by atoms with van der Waals surface area (Å²) in [6.45, 7) is 4.29. The van der Waals surface area contributed by atoms with Crippen molar-refractivity contribution in [3.63, 3.8) is 0 Å². The average Bonchev–Trinajstić information content (AvgIpc) is 3.00. The van der Waals surface area contributed by atoms with Gasteiger partial charge in [0.15, 0.2) is 0 Å². The van der Waals surface area contributed by atoms with Crippen molar-refractivity contribution in [3.05, 3.63) is 122 Å². The molecule has 0 aromatic carbocycles. The summed E-state index contributed by atoms with van der Waals surface area (Å²) >= 11 is 0. The third-order valence-corrected chi connectivity index (χ3v) is 5.84. The smallest absolute Gasteiger partial charge is 0.303 e. The highest BCUT2D eigenvalue weighted by atomic mass is 16.4. The molecule has 0 saturated heterocycles. The van der Waals surface area contributed by atoms with E-state index in [2.05, 4.69) is 135 Å². The molecule has 0 spiro atoms. The average molecular weight is 605 g/mol. The molecule has 0 fully saturated rings. The Morgan fingerprint density at radius 2 is 0.568 bits per heavy atom. The van der Waals surface area contributed by atoms with Crippen LogP contribution in [0.25, 0.3) is 0 Å². The number of rotatable bonds is 26. The molecule has 4 heteroatoms. The Labute approximate surface area is 269 Å². The normalized spacial score (nSPS) is 12.8. The molecule has 4 nitrogen and oxygen atoms in total. The van der Waals surface area contributed by atoms with E-state index in [0.29, 0.717) is 0 Å². The molecule has 0 heterocycles. The van der Waals surface area contributed by atoms with Gasteiger partial charge < -0.3 is 10.2 Å². The van der Waals surface area contributed by atoms with Gasteiger partial charge in [0.1, 0.15) is 0 Å². The van der Waals surface area contributed by atoms with Gasteiger partial charge >= 0.3 is 11.9 Å². The van der Waals surface area contributed by atoms with Crippen LogP contribution < -0.4 is 0 Å². The maximum Gasteiger partial charge on any atom is 0.303 e. The summed E-state index contributed by atoms with van der Waals surface area (Å²) in [7, 11) is 0. The minimum atomic E-state index is -0.715. The van der Waals surface area contributed by atoms with Gasteiger partial charge in [-0.3, -0.25) is 9.59 Å². The van der Waals surface area contributed by atoms with E-state index in [0.717, 1.165) is 89.9 Å². The van der Waals surface area contributed by atoms with Crippen LogP contribution in [0.3, 0.4) is 0 Å². The second-order valence-electron chi connectivity index (χ2n) is 9.99. The molecule has 0 aliphatic heterocycles. The quantitative estimate of drug-likeness (QED) is 0.0760. The van der Waals surface area contributed by atoms with Crippen molar-refractivity contribution in [1.82, 2.24) is 0 Å². The SMILES string of the molecule is CC/C=C\C/C=C\C/C=C\C/C=C\C/C=C\CCCC(=O)O.CC/C=C\C/C=C\C/C=C\C/C=C\C/C=C\CCCC(=O)O. The summed E-state index contributed by atoms with van der Waals surface area (Å²) in [6.07, 6.45) is 56.9. The summed E-state index contributed by atoms with van der Waals surface area (Å²) in [4.78, 5) is 20.6. The zero-order valence-electron chi connectivity index (χ0n) is 27.6. The highest BCUT2D eigenvalue weighted by molar-refractivity contribution is 5.66. The largest absolute Gasteiger partial charge is 0.481 e. The van der Waals surface area contributed by atoms with Crippen LogP contribution in [0.1, 0.15) is 117 Å².